The summed E-state index contributed by atoms with van der Waals surface area (Å²) in [5.41, 5.74) is 0.491. The van der Waals surface area contributed by atoms with Crippen LogP contribution in [0.4, 0.5) is 0 Å². The van der Waals surface area contributed by atoms with Gasteiger partial charge in [-0.05, 0) is 44.7 Å². The molecule has 1 aliphatic carbocycles. The van der Waals surface area contributed by atoms with Gasteiger partial charge in [0.2, 0.25) is 11.8 Å². The van der Waals surface area contributed by atoms with Crippen LogP contribution in [0.1, 0.15) is 56.3 Å². The van der Waals surface area contributed by atoms with Crippen molar-refractivity contribution in [1.82, 2.24) is 15.5 Å². The predicted octanol–water partition coefficient (Wildman–Crippen LogP) is 3.07. The van der Waals surface area contributed by atoms with Crippen molar-refractivity contribution in [3.05, 3.63) is 29.8 Å². The summed E-state index contributed by atoms with van der Waals surface area (Å²) in [6.07, 6.45) is 6.22. The fourth-order valence-corrected chi connectivity index (χ4v) is 4.44. The zero-order valence-electron chi connectivity index (χ0n) is 17.5. The topological polar surface area (TPSA) is 78.5 Å². The third-order valence-electron chi connectivity index (χ3n) is 5.32. The van der Waals surface area contributed by atoms with Gasteiger partial charge in [-0.15, -0.1) is 11.8 Å². The number of likely N-dealkylation sites (N-methyl/N-ethyl adjacent to an activating group) is 1. The van der Waals surface area contributed by atoms with Crippen molar-refractivity contribution >= 4 is 29.5 Å². The summed E-state index contributed by atoms with van der Waals surface area (Å²) in [4.78, 5) is 39.3. The maximum atomic E-state index is 12.6. The second-order valence-corrected chi connectivity index (χ2v) is 8.36. The Labute approximate surface area is 178 Å². The fraction of sp³-hybridized carbons (Fsp3) is 0.591. The van der Waals surface area contributed by atoms with Gasteiger partial charge in [-0.1, -0.05) is 31.4 Å². The Bertz CT molecular complexity index is 686. The summed E-state index contributed by atoms with van der Waals surface area (Å²) in [6.45, 7) is 5.78. The maximum Gasteiger partial charge on any atom is 0.252 e. The number of nitrogens with zero attached hydrogens (tertiary/aromatic N) is 1. The van der Waals surface area contributed by atoms with Crippen molar-refractivity contribution in [2.24, 2.45) is 5.92 Å². The molecule has 160 valence electrons. The van der Waals surface area contributed by atoms with Crippen LogP contribution in [0.5, 0.6) is 0 Å². The number of benzene rings is 1. The van der Waals surface area contributed by atoms with Crippen LogP contribution in [0.25, 0.3) is 0 Å². The van der Waals surface area contributed by atoms with Gasteiger partial charge in [-0.2, -0.15) is 0 Å². The highest BCUT2D eigenvalue weighted by Gasteiger charge is 2.17. The summed E-state index contributed by atoms with van der Waals surface area (Å²) in [5, 5.41) is 5.73. The molecule has 29 heavy (non-hydrogen) atoms. The molecule has 7 heteroatoms. The van der Waals surface area contributed by atoms with E-state index in [1.54, 1.807) is 17.0 Å². The minimum atomic E-state index is -0.295. The quantitative estimate of drug-likeness (QED) is 0.571. The van der Waals surface area contributed by atoms with Gasteiger partial charge in [-0.25, -0.2) is 0 Å². The fourth-order valence-electron chi connectivity index (χ4n) is 3.56. The molecule has 1 aromatic rings. The predicted molar refractivity (Wildman–Crippen MR) is 117 cm³/mol. The Morgan fingerprint density at radius 2 is 1.72 bits per heavy atom. The number of amides is 3. The lowest BCUT2D eigenvalue weighted by Crippen LogP contribution is -2.40. The first-order chi connectivity index (χ1) is 14.0. The van der Waals surface area contributed by atoms with Gasteiger partial charge in [0.05, 0.1) is 17.9 Å². The number of nitrogens with one attached hydrogen (secondary N) is 2. The minimum absolute atomic E-state index is 0.00695. The lowest BCUT2D eigenvalue weighted by Gasteiger charge is -2.21. The van der Waals surface area contributed by atoms with E-state index in [4.69, 9.17) is 0 Å². The molecule has 1 fully saturated rings. The van der Waals surface area contributed by atoms with Gasteiger partial charge < -0.3 is 15.5 Å². The highest BCUT2D eigenvalue weighted by Crippen LogP contribution is 2.24. The lowest BCUT2D eigenvalue weighted by molar-refractivity contribution is -0.129. The Kier molecular flexibility index (Phi) is 10.0. The zero-order valence-corrected chi connectivity index (χ0v) is 18.4. The first-order valence-corrected chi connectivity index (χ1v) is 11.6. The van der Waals surface area contributed by atoms with Gasteiger partial charge in [-0.3, -0.25) is 14.4 Å². The van der Waals surface area contributed by atoms with Gasteiger partial charge >= 0.3 is 0 Å². The molecule has 3 amide bonds. The Morgan fingerprint density at radius 1 is 1.03 bits per heavy atom. The Morgan fingerprint density at radius 3 is 2.41 bits per heavy atom. The number of carbonyl (C=O) groups excluding carboxylic acids is 3. The Hall–Kier alpha value is -2.02. The van der Waals surface area contributed by atoms with Crippen LogP contribution in [0.15, 0.2) is 29.2 Å². The van der Waals surface area contributed by atoms with Crippen molar-refractivity contribution in [1.29, 1.82) is 0 Å². The smallest absolute Gasteiger partial charge is 0.252 e. The highest BCUT2D eigenvalue weighted by molar-refractivity contribution is 8.00. The molecule has 0 heterocycles. The molecule has 0 aliphatic heterocycles. The summed E-state index contributed by atoms with van der Waals surface area (Å²) in [6, 6.07) is 7.19. The molecule has 1 aromatic carbocycles. The molecule has 2 rings (SSSR count). The molecule has 0 atom stereocenters. The van der Waals surface area contributed by atoms with E-state index in [1.807, 2.05) is 26.0 Å². The summed E-state index contributed by atoms with van der Waals surface area (Å²) in [5.74, 6) is 0.466. The minimum Gasteiger partial charge on any atom is -0.355 e. The molecular weight excluding hydrogens is 386 g/mol. The van der Waals surface area contributed by atoms with E-state index in [9.17, 15) is 14.4 Å². The molecule has 0 radical (unpaired) electrons. The maximum absolute atomic E-state index is 12.6. The van der Waals surface area contributed by atoms with Crippen molar-refractivity contribution in [2.75, 3.05) is 31.9 Å². The number of rotatable bonds is 10. The van der Waals surface area contributed by atoms with E-state index in [1.165, 1.54) is 43.9 Å². The highest BCUT2D eigenvalue weighted by atomic mass is 32.2. The van der Waals surface area contributed by atoms with E-state index in [-0.39, 0.29) is 30.0 Å². The van der Waals surface area contributed by atoms with Crippen molar-refractivity contribution < 1.29 is 14.4 Å². The molecule has 0 bridgehead atoms. The van der Waals surface area contributed by atoms with Crippen LogP contribution in [-0.4, -0.2) is 54.6 Å². The summed E-state index contributed by atoms with van der Waals surface area (Å²) >= 11 is 1.35. The Balaban J connectivity index is 1.83. The van der Waals surface area contributed by atoms with E-state index in [0.717, 1.165) is 11.4 Å². The van der Waals surface area contributed by atoms with E-state index in [2.05, 4.69) is 10.6 Å². The molecule has 6 nitrogen and oxygen atoms in total. The van der Waals surface area contributed by atoms with Gasteiger partial charge in [0.1, 0.15) is 0 Å². The van der Waals surface area contributed by atoms with Crippen LogP contribution in [0.2, 0.25) is 0 Å². The number of hydrogen-bond donors (Lipinski definition) is 2. The second kappa shape index (κ2) is 12.5. The van der Waals surface area contributed by atoms with Gasteiger partial charge in [0.25, 0.3) is 5.91 Å². The first-order valence-electron chi connectivity index (χ1n) is 10.6. The largest absolute Gasteiger partial charge is 0.355 e. The molecule has 1 saturated carbocycles. The molecule has 2 N–H and O–H groups in total. The van der Waals surface area contributed by atoms with Crippen LogP contribution in [-0.2, 0) is 9.59 Å². The SMILES string of the molecule is CCN(CC)C(=O)CNC(=O)c1ccccc1SCC(=O)NCC1CCCCC1. The number of carbonyl (C=O) groups is 3. The number of thioether (sulfide) groups is 1. The van der Waals surface area contributed by atoms with E-state index >= 15 is 0 Å². The molecule has 1 aliphatic rings. The molecule has 0 saturated heterocycles. The van der Waals surface area contributed by atoms with Crippen molar-refractivity contribution in [3.8, 4) is 0 Å². The van der Waals surface area contributed by atoms with Crippen LogP contribution in [0.3, 0.4) is 0 Å². The van der Waals surface area contributed by atoms with Crippen molar-refractivity contribution in [2.45, 2.75) is 50.8 Å². The van der Waals surface area contributed by atoms with Crippen LogP contribution in [0, 0.1) is 5.92 Å². The van der Waals surface area contributed by atoms with Gasteiger partial charge in [0.15, 0.2) is 0 Å². The molecule has 0 aromatic heterocycles. The lowest BCUT2D eigenvalue weighted by atomic mass is 9.89. The van der Waals surface area contributed by atoms with E-state index < -0.39 is 0 Å². The molecular formula is C22H33N3O3S. The average Bonchev–Trinajstić information content (AvgIpc) is 2.76. The summed E-state index contributed by atoms with van der Waals surface area (Å²) in [7, 11) is 0. The van der Waals surface area contributed by atoms with E-state index in [0.29, 0.717) is 24.6 Å². The standard InChI is InChI=1S/C22H33N3O3S/c1-3-25(4-2)21(27)15-24-22(28)18-12-8-9-13-19(18)29-16-20(26)23-14-17-10-6-5-7-11-17/h8-9,12-13,17H,3-7,10-11,14-16H2,1-2H3,(H,23,26)(H,24,28). The monoisotopic (exact) mass is 419 g/mol. The zero-order chi connectivity index (χ0) is 21.1. The van der Waals surface area contributed by atoms with Crippen LogP contribution >= 0.6 is 11.8 Å². The second-order valence-electron chi connectivity index (χ2n) is 7.34. The third kappa shape index (κ3) is 7.72. The molecule has 0 unspecified atom stereocenters. The third-order valence-corrected chi connectivity index (χ3v) is 6.39. The van der Waals surface area contributed by atoms with Crippen LogP contribution < -0.4 is 10.6 Å². The van der Waals surface area contributed by atoms with Gasteiger partial charge in [0, 0.05) is 24.5 Å². The first kappa shape index (κ1) is 23.3. The normalized spacial score (nSPS) is 14.3. The average molecular weight is 420 g/mol. The molecule has 0 spiro atoms. The summed E-state index contributed by atoms with van der Waals surface area (Å²) < 4.78 is 0. The number of hydrogen-bond acceptors (Lipinski definition) is 4. The van der Waals surface area contributed by atoms with Crippen molar-refractivity contribution in [3.63, 3.8) is 0 Å².